The molecule has 4 atom stereocenters. The average molecular weight is 1000 g/mol. The van der Waals surface area contributed by atoms with E-state index in [0.717, 1.165) is 0 Å². The van der Waals surface area contributed by atoms with Crippen molar-refractivity contribution in [2.45, 2.75) is 197 Å². The molecule has 0 rings (SSSR count). The number of aliphatic hydroxyl groups excluding tert-OH is 2. The van der Waals surface area contributed by atoms with E-state index in [1.807, 2.05) is 13.0 Å². The van der Waals surface area contributed by atoms with Crippen molar-refractivity contribution >= 4 is 56.8 Å². The van der Waals surface area contributed by atoms with Gasteiger partial charge in [-0.2, -0.15) is 5.26 Å². The first kappa shape index (κ1) is 72.5. The van der Waals surface area contributed by atoms with Crippen molar-refractivity contribution in [1.82, 2.24) is 20.0 Å². The Kier molecular flexibility index (Phi) is 53.8. The lowest BCUT2D eigenvalue weighted by molar-refractivity contribution is -0.136. The largest absolute Gasteiger partial charge is 0.481 e. The third-order valence-electron chi connectivity index (χ3n) is 8.38. The molecule has 66 heavy (non-hydrogen) atoms. The molecule has 0 aliphatic heterocycles. The van der Waals surface area contributed by atoms with Crippen molar-refractivity contribution in [2.24, 2.45) is 11.5 Å². The summed E-state index contributed by atoms with van der Waals surface area (Å²) in [6, 6.07) is 3.15. The number of nitrogens with zero attached hydrogens (tertiary/aromatic N) is 4. The van der Waals surface area contributed by atoms with Gasteiger partial charge in [-0.3, -0.25) is 24.0 Å². The van der Waals surface area contributed by atoms with Crippen LogP contribution in [0.5, 0.6) is 0 Å². The van der Waals surface area contributed by atoms with Gasteiger partial charge in [0.2, 0.25) is 26.0 Å². The van der Waals surface area contributed by atoms with Crippen LogP contribution in [0, 0.1) is 17.9 Å². The van der Waals surface area contributed by atoms with Crippen LogP contribution in [0.25, 0.3) is 4.85 Å². The Labute approximate surface area is 405 Å². The molecule has 0 fully saturated rings. The Morgan fingerprint density at radius 2 is 1.15 bits per heavy atom. The van der Waals surface area contributed by atoms with Crippen molar-refractivity contribution < 1.29 is 52.9 Å². The van der Waals surface area contributed by atoms with E-state index in [1.54, 1.807) is 27.7 Å². The number of nitriles is 1. The third-order valence-corrected chi connectivity index (χ3v) is 13.1. The van der Waals surface area contributed by atoms with Crippen LogP contribution in [0.4, 0.5) is 0 Å². The molecule has 0 saturated carbocycles. The van der Waals surface area contributed by atoms with Crippen molar-refractivity contribution in [3.63, 3.8) is 0 Å². The van der Waals surface area contributed by atoms with E-state index in [1.165, 1.54) is 0 Å². The molecule has 0 spiro atoms. The van der Waals surface area contributed by atoms with E-state index in [9.17, 15) is 29.1 Å². The van der Waals surface area contributed by atoms with Gasteiger partial charge in [-0.15, -0.1) is 0 Å². The monoisotopic (exact) mass is 1000 g/mol. The highest BCUT2D eigenvalue weighted by atomic mass is 35.7. The molecule has 0 aromatic carbocycles. The Balaban J connectivity index is -0.000000267. The number of amides is 2. The van der Waals surface area contributed by atoms with Crippen LogP contribution < -0.4 is 22.1 Å². The highest BCUT2D eigenvalue weighted by Gasteiger charge is 2.30. The second kappa shape index (κ2) is 49.0. The molecule has 4 unspecified atom stereocenters. The summed E-state index contributed by atoms with van der Waals surface area (Å²) in [5, 5.41) is 39.3. The number of nitrogens with one attached hydrogen (secondary N) is 2. The van der Waals surface area contributed by atoms with E-state index in [2.05, 4.69) is 80.2 Å². The number of carbonyl (C=O) groups is 5. The number of halogens is 1. The second-order valence-electron chi connectivity index (χ2n) is 15.5. The zero-order valence-electron chi connectivity index (χ0n) is 42.4. The molecule has 0 aromatic rings. The van der Waals surface area contributed by atoms with Gasteiger partial charge in [0.1, 0.15) is 18.2 Å². The van der Waals surface area contributed by atoms with Gasteiger partial charge in [0.05, 0.1) is 37.4 Å². The van der Waals surface area contributed by atoms with Crippen LogP contribution in [0.2, 0.25) is 0 Å². The van der Waals surface area contributed by atoms with Gasteiger partial charge in [-0.05, 0) is 79.5 Å². The smallest absolute Gasteiger partial charge is 0.303 e. The van der Waals surface area contributed by atoms with E-state index < -0.39 is 34.4 Å². The van der Waals surface area contributed by atoms with Gasteiger partial charge < -0.3 is 55.8 Å². The van der Waals surface area contributed by atoms with E-state index in [-0.39, 0.29) is 74.2 Å². The number of hydrogen-bond donors (Lipinski definition) is 7. The number of aliphatic hydroxyl groups is 2. The summed E-state index contributed by atoms with van der Waals surface area (Å²) in [6.45, 7) is 34.5. The SMILES string of the molecule is CC(C)N(C(C)C)P(Cl)OCCC#N.CCC(=O)CCC(O)CNC(=O)CC.CCC(=O)O.NCC(O)CN.[C-]#[N+]CCOP(OC(CCC(=O)CC)CNC(=O)CC)N(C(C)C)C(C)C. The van der Waals surface area contributed by atoms with Crippen molar-refractivity contribution in [1.29, 1.82) is 5.26 Å². The molecule has 9 N–H and O–H groups in total. The normalized spacial score (nSPS) is 12.5. The Morgan fingerprint density at radius 1 is 0.712 bits per heavy atom. The minimum Gasteiger partial charge on any atom is -0.481 e. The van der Waals surface area contributed by atoms with E-state index in [0.29, 0.717) is 89.6 Å². The molecule has 2 amide bonds. The number of rotatable bonds is 31. The molecule has 388 valence electrons. The molecular formula is C44H89ClN8O11P2. The van der Waals surface area contributed by atoms with Crippen LogP contribution in [0.15, 0.2) is 0 Å². The molecule has 22 heteroatoms. The number of carbonyl (C=O) groups excluding carboxylic acids is 4. The van der Waals surface area contributed by atoms with Gasteiger partial charge in [0, 0.05) is 95.3 Å². The first-order chi connectivity index (χ1) is 30.9. The maximum absolute atomic E-state index is 11.7. The number of hydrogen-bond acceptors (Lipinski definition) is 15. The predicted octanol–water partition coefficient (Wildman–Crippen LogP) is 6.82. The Hall–Kier alpha value is -2.48. The lowest BCUT2D eigenvalue weighted by Crippen LogP contribution is -2.37. The zero-order valence-corrected chi connectivity index (χ0v) is 44.9. The lowest BCUT2D eigenvalue weighted by Gasteiger charge is -2.37. The number of Topliss-reactive ketones (excluding diaryl/α,β-unsaturated/α-hetero) is 2. The molecule has 0 saturated heterocycles. The summed E-state index contributed by atoms with van der Waals surface area (Å²) in [5.41, 5.74) is 9.91. The number of carboxylic acids is 1. The summed E-state index contributed by atoms with van der Waals surface area (Å²) in [4.78, 5) is 57.8. The fraction of sp³-hybridized carbons (Fsp3) is 0.841. The van der Waals surface area contributed by atoms with Gasteiger partial charge >= 0.3 is 5.97 Å². The Morgan fingerprint density at radius 3 is 1.50 bits per heavy atom. The third kappa shape index (κ3) is 46.6. The molecule has 0 aliphatic carbocycles. The quantitative estimate of drug-likeness (QED) is 0.0213. The molecule has 0 heterocycles. The Bertz CT molecular complexity index is 1270. The van der Waals surface area contributed by atoms with Gasteiger partial charge in [0.15, 0.2) is 0 Å². The molecule has 0 aromatic heterocycles. The highest BCUT2D eigenvalue weighted by molar-refractivity contribution is 7.78. The van der Waals surface area contributed by atoms with Crippen LogP contribution in [-0.2, 0) is 37.5 Å². The average Bonchev–Trinajstić information content (AvgIpc) is 3.27. The molecule has 0 aliphatic rings. The second-order valence-corrected chi connectivity index (χ2v) is 18.9. The fourth-order valence-electron chi connectivity index (χ4n) is 4.71. The number of aliphatic carboxylic acids is 1. The fourth-order valence-corrected chi connectivity index (χ4v) is 8.80. The van der Waals surface area contributed by atoms with Gasteiger partial charge in [-0.1, -0.05) is 34.6 Å². The topological polar surface area (TPSA) is 284 Å². The van der Waals surface area contributed by atoms with Crippen molar-refractivity contribution in [3.8, 4) is 6.07 Å². The van der Waals surface area contributed by atoms with Gasteiger partial charge in [0.25, 0.3) is 8.53 Å². The van der Waals surface area contributed by atoms with Crippen LogP contribution in [0.1, 0.15) is 154 Å². The van der Waals surface area contributed by atoms with E-state index >= 15 is 0 Å². The molecular weight excluding hydrogens is 914 g/mol. The number of carboxylic acid groups (broad SMARTS) is 1. The van der Waals surface area contributed by atoms with Gasteiger partial charge in [-0.25, -0.2) is 15.9 Å². The minimum atomic E-state index is -1.40. The predicted molar refractivity (Wildman–Crippen MR) is 266 cm³/mol. The summed E-state index contributed by atoms with van der Waals surface area (Å²) >= 11 is 6.13. The first-order valence-corrected chi connectivity index (χ1v) is 26.2. The zero-order chi connectivity index (χ0) is 52.2. The summed E-state index contributed by atoms with van der Waals surface area (Å²) < 4.78 is 21.9. The summed E-state index contributed by atoms with van der Waals surface area (Å²) in [6.07, 6.45) is 2.78. The van der Waals surface area contributed by atoms with Crippen LogP contribution in [-0.4, -0.2) is 142 Å². The highest BCUT2D eigenvalue weighted by Crippen LogP contribution is 2.49. The van der Waals surface area contributed by atoms with Crippen LogP contribution in [0.3, 0.4) is 0 Å². The lowest BCUT2D eigenvalue weighted by atomic mass is 10.1. The van der Waals surface area contributed by atoms with Crippen molar-refractivity contribution in [2.75, 3.05) is 45.9 Å². The first-order valence-electron chi connectivity index (χ1n) is 22.9. The minimum absolute atomic E-state index is 0.0479. The maximum Gasteiger partial charge on any atom is 0.303 e. The molecule has 0 radical (unpaired) electrons. The summed E-state index contributed by atoms with van der Waals surface area (Å²) in [7, 11) is -2.48. The standard InChI is InChI=1S/C19H36N3O4P.C10H19NO3.C9H18ClN2OP.C3H10N2O.C3H6O2/c1-8-17(23)10-11-18(14-21-19(24)9-2)26-27(25-13-12-20-7)22(15(3)4)16(5)6;1-3-8(12)5-6-9(13)7-11-10(14)4-2;1-8(2)12(9(3)4)14(10)13-7-5-6-11;4-1-3(6)2-5;1-2-3(4)5/h15-16,18H,8-14H2,1-6H3,(H,21,24);9,13H,3-7H2,1-2H3,(H,11,14);8-9H,5,7H2,1-4H3;3,6H,1-2,4-5H2;2H2,1H3,(H,4,5). The number of ketones is 2. The maximum atomic E-state index is 11.7. The molecule has 0 bridgehead atoms. The number of nitrogens with two attached hydrogens (primary N) is 2. The van der Waals surface area contributed by atoms with Crippen molar-refractivity contribution in [3.05, 3.63) is 11.4 Å². The van der Waals surface area contributed by atoms with Crippen LogP contribution >= 0.6 is 27.4 Å². The van der Waals surface area contributed by atoms with E-state index in [4.69, 9.17) is 58.3 Å². The summed E-state index contributed by atoms with van der Waals surface area (Å²) in [5.74, 6) is -0.553. The molecule has 19 nitrogen and oxygen atoms in total.